The van der Waals surface area contributed by atoms with E-state index < -0.39 is 11.5 Å². The molecule has 2 N–H and O–H groups in total. The van der Waals surface area contributed by atoms with Crippen LogP contribution in [0.2, 0.25) is 0 Å². The molecule has 3 aromatic rings. The molecule has 0 amide bonds. The maximum atomic E-state index is 11.8. The first-order valence-corrected chi connectivity index (χ1v) is 6.50. The molecule has 0 fully saturated rings. The minimum Gasteiger partial charge on any atom is -0.479 e. The van der Waals surface area contributed by atoms with Crippen molar-refractivity contribution < 1.29 is 14.3 Å². The van der Waals surface area contributed by atoms with Gasteiger partial charge in [-0.25, -0.2) is 9.78 Å². The highest BCUT2D eigenvalue weighted by Gasteiger charge is 2.35. The monoisotopic (exact) mass is 282 g/mol. The van der Waals surface area contributed by atoms with Crippen LogP contribution in [0.3, 0.4) is 0 Å². The van der Waals surface area contributed by atoms with Crippen molar-refractivity contribution in [2.45, 2.75) is 12.5 Å². The van der Waals surface area contributed by atoms with Gasteiger partial charge in [0.05, 0.1) is 11.6 Å². The molecule has 3 rings (SSSR count). The minimum absolute atomic E-state index is 0.481. The van der Waals surface area contributed by atoms with Crippen LogP contribution in [0.25, 0.3) is 11.0 Å². The van der Waals surface area contributed by atoms with E-state index in [0.717, 1.165) is 5.39 Å². The number of nitrogens with one attached hydrogen (secondary N) is 1. The summed E-state index contributed by atoms with van der Waals surface area (Å²) >= 11 is 0. The summed E-state index contributed by atoms with van der Waals surface area (Å²) in [5.41, 5.74) is 0.0351. The molecule has 0 aliphatic rings. The first-order chi connectivity index (χ1) is 10.1. The number of furan rings is 1. The highest BCUT2D eigenvalue weighted by atomic mass is 16.4. The van der Waals surface area contributed by atoms with Crippen LogP contribution >= 0.6 is 0 Å². The number of carboxylic acids is 1. The summed E-state index contributed by atoms with van der Waals surface area (Å²) in [6, 6.07) is 12.5. The highest BCUT2D eigenvalue weighted by Crippen LogP contribution is 2.30. The van der Waals surface area contributed by atoms with Gasteiger partial charge in [0, 0.05) is 6.20 Å². The van der Waals surface area contributed by atoms with E-state index in [2.05, 4.69) is 10.3 Å². The molecule has 5 nitrogen and oxygen atoms in total. The molecule has 0 aliphatic heterocycles. The second kappa shape index (κ2) is 4.94. The van der Waals surface area contributed by atoms with Gasteiger partial charge >= 0.3 is 5.97 Å². The van der Waals surface area contributed by atoms with Gasteiger partial charge in [-0.1, -0.05) is 30.3 Å². The molecule has 2 aromatic heterocycles. The molecule has 0 saturated heterocycles. The lowest BCUT2D eigenvalue weighted by molar-refractivity contribution is -0.142. The largest absolute Gasteiger partial charge is 0.479 e. The van der Waals surface area contributed by atoms with Gasteiger partial charge in [-0.3, -0.25) is 0 Å². The number of carbonyl (C=O) groups is 1. The number of rotatable bonds is 4. The summed E-state index contributed by atoms with van der Waals surface area (Å²) in [6.45, 7) is 1.62. The number of hydrogen-bond donors (Lipinski definition) is 2. The molecule has 1 atom stereocenters. The lowest BCUT2D eigenvalue weighted by Crippen LogP contribution is -2.40. The Kier molecular flexibility index (Phi) is 3.10. The summed E-state index contributed by atoms with van der Waals surface area (Å²) in [4.78, 5) is 16.0. The second-order valence-corrected chi connectivity index (χ2v) is 4.91. The van der Waals surface area contributed by atoms with Crippen molar-refractivity contribution in [2.24, 2.45) is 0 Å². The molecule has 0 radical (unpaired) electrons. The Morgan fingerprint density at radius 2 is 2.00 bits per heavy atom. The fraction of sp³-hybridized carbons (Fsp3) is 0.125. The highest BCUT2D eigenvalue weighted by molar-refractivity contribution is 5.91. The van der Waals surface area contributed by atoms with Crippen LogP contribution in [0.4, 0.5) is 5.82 Å². The van der Waals surface area contributed by atoms with E-state index in [4.69, 9.17) is 4.42 Å². The number of benzene rings is 1. The Labute approximate surface area is 121 Å². The van der Waals surface area contributed by atoms with Crippen molar-refractivity contribution in [2.75, 3.05) is 5.32 Å². The standard InChI is InChI=1S/C16H14N2O3/c1-16(15(19)20,11-5-3-2-4-6-11)18-14-12-8-10-21-13(12)7-9-17-14/h2-10H,1H3,(H,17,18)(H,19,20). The number of anilines is 1. The molecule has 0 saturated carbocycles. The second-order valence-electron chi connectivity index (χ2n) is 4.91. The molecule has 1 aromatic carbocycles. The minimum atomic E-state index is -1.28. The zero-order valence-corrected chi connectivity index (χ0v) is 11.4. The number of carboxylic acid groups (broad SMARTS) is 1. The Bertz CT molecular complexity index is 782. The number of hydrogen-bond acceptors (Lipinski definition) is 4. The Morgan fingerprint density at radius 3 is 2.71 bits per heavy atom. The topological polar surface area (TPSA) is 75.4 Å². The van der Waals surface area contributed by atoms with E-state index in [1.807, 2.05) is 18.2 Å². The molecule has 5 heteroatoms. The van der Waals surface area contributed by atoms with Gasteiger partial charge < -0.3 is 14.8 Å². The molecule has 0 bridgehead atoms. The molecule has 21 heavy (non-hydrogen) atoms. The average Bonchev–Trinajstić information content (AvgIpc) is 2.97. The molecule has 2 heterocycles. The number of aromatic nitrogens is 1. The third kappa shape index (κ3) is 2.23. The van der Waals surface area contributed by atoms with Crippen molar-refractivity contribution in [3.63, 3.8) is 0 Å². The first-order valence-electron chi connectivity index (χ1n) is 6.50. The van der Waals surface area contributed by atoms with Crippen molar-refractivity contribution >= 4 is 22.8 Å². The Morgan fingerprint density at radius 1 is 1.24 bits per heavy atom. The number of fused-ring (bicyclic) bond motifs is 1. The summed E-state index contributed by atoms with van der Waals surface area (Å²) in [5, 5.41) is 13.4. The normalized spacial score (nSPS) is 13.8. The molecule has 106 valence electrons. The van der Waals surface area contributed by atoms with Crippen molar-refractivity contribution in [3.8, 4) is 0 Å². The number of aliphatic carboxylic acids is 1. The van der Waals surface area contributed by atoms with Crippen molar-refractivity contribution in [3.05, 3.63) is 60.5 Å². The zero-order valence-electron chi connectivity index (χ0n) is 11.4. The predicted molar refractivity (Wildman–Crippen MR) is 79.1 cm³/mol. The Balaban J connectivity index is 2.08. The number of nitrogens with zero attached hydrogens (tertiary/aromatic N) is 1. The van der Waals surface area contributed by atoms with Crippen LogP contribution < -0.4 is 5.32 Å². The summed E-state index contributed by atoms with van der Waals surface area (Å²) in [6.07, 6.45) is 3.14. The SMILES string of the molecule is CC(Nc1nccc2occc12)(C(=O)O)c1ccccc1. The van der Waals surface area contributed by atoms with Gasteiger partial charge in [-0.2, -0.15) is 0 Å². The zero-order chi connectivity index (χ0) is 14.9. The van der Waals surface area contributed by atoms with Crippen LogP contribution in [0, 0.1) is 0 Å². The average molecular weight is 282 g/mol. The number of pyridine rings is 1. The van der Waals surface area contributed by atoms with Gasteiger partial charge in [-0.05, 0) is 24.6 Å². The van der Waals surface area contributed by atoms with Gasteiger partial charge in [0.1, 0.15) is 11.4 Å². The summed E-state index contributed by atoms with van der Waals surface area (Å²) < 4.78 is 5.31. The molecular formula is C16H14N2O3. The summed E-state index contributed by atoms with van der Waals surface area (Å²) in [7, 11) is 0. The fourth-order valence-electron chi connectivity index (χ4n) is 2.25. The molecule has 1 unspecified atom stereocenters. The predicted octanol–water partition coefficient (Wildman–Crippen LogP) is 3.24. The van der Waals surface area contributed by atoms with E-state index in [-0.39, 0.29) is 0 Å². The van der Waals surface area contributed by atoms with Crippen LogP contribution in [0.15, 0.2) is 59.3 Å². The third-order valence-electron chi connectivity index (χ3n) is 3.53. The smallest absolute Gasteiger partial charge is 0.333 e. The van der Waals surface area contributed by atoms with E-state index in [1.165, 1.54) is 0 Å². The van der Waals surface area contributed by atoms with Gasteiger partial charge in [0.25, 0.3) is 0 Å². The van der Waals surface area contributed by atoms with Crippen LogP contribution in [-0.4, -0.2) is 16.1 Å². The van der Waals surface area contributed by atoms with E-state index in [1.54, 1.807) is 43.6 Å². The molecule has 0 aliphatic carbocycles. The van der Waals surface area contributed by atoms with Crippen LogP contribution in [-0.2, 0) is 10.3 Å². The maximum absolute atomic E-state index is 11.8. The van der Waals surface area contributed by atoms with E-state index in [9.17, 15) is 9.90 Å². The van der Waals surface area contributed by atoms with Crippen molar-refractivity contribution in [1.29, 1.82) is 0 Å². The maximum Gasteiger partial charge on any atom is 0.333 e. The quantitative estimate of drug-likeness (QED) is 0.768. The molecule has 0 spiro atoms. The van der Waals surface area contributed by atoms with Crippen LogP contribution in [0.1, 0.15) is 12.5 Å². The van der Waals surface area contributed by atoms with Gasteiger partial charge in [0.15, 0.2) is 5.54 Å². The lowest BCUT2D eigenvalue weighted by atomic mass is 9.92. The van der Waals surface area contributed by atoms with Crippen LogP contribution in [0.5, 0.6) is 0 Å². The third-order valence-corrected chi connectivity index (χ3v) is 3.53. The van der Waals surface area contributed by atoms with E-state index >= 15 is 0 Å². The fourth-order valence-corrected chi connectivity index (χ4v) is 2.25. The van der Waals surface area contributed by atoms with Gasteiger partial charge in [0.2, 0.25) is 0 Å². The molecular weight excluding hydrogens is 268 g/mol. The van der Waals surface area contributed by atoms with E-state index in [0.29, 0.717) is 17.0 Å². The Hall–Kier alpha value is -2.82. The first kappa shape index (κ1) is 13.2. The van der Waals surface area contributed by atoms with Gasteiger partial charge in [-0.15, -0.1) is 0 Å². The summed E-state index contributed by atoms with van der Waals surface area (Å²) in [5.74, 6) is -0.494. The van der Waals surface area contributed by atoms with Crippen molar-refractivity contribution in [1.82, 2.24) is 4.98 Å². The lowest BCUT2D eigenvalue weighted by Gasteiger charge is -2.27.